The van der Waals surface area contributed by atoms with Crippen LogP contribution in [0, 0.1) is 0 Å². The Labute approximate surface area is 171 Å². The molecule has 1 aromatic heterocycles. The summed E-state index contributed by atoms with van der Waals surface area (Å²) in [4.78, 5) is 24.8. The highest BCUT2D eigenvalue weighted by Gasteiger charge is 2.14. The zero-order valence-electron chi connectivity index (χ0n) is 15.2. The molecule has 2 N–H and O–H groups in total. The Morgan fingerprint density at radius 3 is 2.54 bits per heavy atom. The standard InChI is InChI=1S/C21H19BrN2O4/c1-2-27-19-10-7-15(22)12-18(19)21(26)24-16-8-5-14(6-9-16)20(25)23-13-17-4-3-11-28-17/h3-12H,2,13H2,1H3,(H,23,25)(H,24,26). The highest BCUT2D eigenvalue weighted by molar-refractivity contribution is 9.10. The molecule has 2 amide bonds. The van der Waals surface area contributed by atoms with Crippen molar-refractivity contribution in [2.75, 3.05) is 11.9 Å². The Morgan fingerprint density at radius 2 is 1.86 bits per heavy atom. The van der Waals surface area contributed by atoms with E-state index in [1.165, 1.54) is 0 Å². The molecule has 28 heavy (non-hydrogen) atoms. The van der Waals surface area contributed by atoms with E-state index in [2.05, 4.69) is 26.6 Å². The minimum atomic E-state index is -0.292. The number of benzene rings is 2. The number of hydrogen-bond acceptors (Lipinski definition) is 4. The van der Waals surface area contributed by atoms with Crippen LogP contribution in [0.25, 0.3) is 0 Å². The van der Waals surface area contributed by atoms with Gasteiger partial charge in [0.25, 0.3) is 11.8 Å². The third-order valence-electron chi connectivity index (χ3n) is 3.89. The number of hydrogen-bond donors (Lipinski definition) is 2. The average Bonchev–Trinajstić information content (AvgIpc) is 3.22. The Kier molecular flexibility index (Phi) is 6.49. The van der Waals surface area contributed by atoms with E-state index >= 15 is 0 Å². The lowest BCUT2D eigenvalue weighted by Gasteiger charge is -2.11. The van der Waals surface area contributed by atoms with Crippen LogP contribution in [0.3, 0.4) is 0 Å². The zero-order valence-corrected chi connectivity index (χ0v) is 16.8. The fourth-order valence-corrected chi connectivity index (χ4v) is 2.91. The van der Waals surface area contributed by atoms with Gasteiger partial charge >= 0.3 is 0 Å². The molecule has 7 heteroatoms. The van der Waals surface area contributed by atoms with Gasteiger partial charge < -0.3 is 19.8 Å². The second-order valence-electron chi connectivity index (χ2n) is 5.87. The van der Waals surface area contributed by atoms with Crippen molar-refractivity contribution in [2.24, 2.45) is 0 Å². The van der Waals surface area contributed by atoms with Crippen molar-refractivity contribution < 1.29 is 18.7 Å². The van der Waals surface area contributed by atoms with Crippen LogP contribution in [-0.2, 0) is 6.54 Å². The van der Waals surface area contributed by atoms with Gasteiger partial charge in [-0.25, -0.2) is 0 Å². The van der Waals surface area contributed by atoms with Gasteiger partial charge in [0.2, 0.25) is 0 Å². The molecule has 0 radical (unpaired) electrons. The van der Waals surface area contributed by atoms with Crippen LogP contribution in [0.15, 0.2) is 69.8 Å². The first kappa shape index (κ1) is 19.7. The first-order valence-electron chi connectivity index (χ1n) is 8.71. The Balaban J connectivity index is 1.64. The lowest BCUT2D eigenvalue weighted by Crippen LogP contribution is -2.22. The Bertz CT molecular complexity index is 953. The van der Waals surface area contributed by atoms with Crippen LogP contribution in [0.2, 0.25) is 0 Å². The molecule has 0 aliphatic heterocycles. The Morgan fingerprint density at radius 1 is 1.07 bits per heavy atom. The smallest absolute Gasteiger partial charge is 0.259 e. The van der Waals surface area contributed by atoms with E-state index in [1.807, 2.05) is 13.0 Å². The summed E-state index contributed by atoms with van der Waals surface area (Å²) in [6.07, 6.45) is 1.56. The molecule has 0 aliphatic rings. The van der Waals surface area contributed by atoms with Crippen molar-refractivity contribution in [3.63, 3.8) is 0 Å². The molecule has 0 fully saturated rings. The highest BCUT2D eigenvalue weighted by atomic mass is 79.9. The largest absolute Gasteiger partial charge is 0.493 e. The fourth-order valence-electron chi connectivity index (χ4n) is 2.55. The maximum atomic E-state index is 12.6. The molecule has 0 saturated heterocycles. The van der Waals surface area contributed by atoms with Crippen LogP contribution < -0.4 is 15.4 Å². The molecule has 0 spiro atoms. The number of amides is 2. The summed E-state index contributed by atoms with van der Waals surface area (Å²) >= 11 is 3.37. The molecular weight excluding hydrogens is 424 g/mol. The number of carbonyl (C=O) groups excluding carboxylic acids is 2. The molecule has 0 bridgehead atoms. The number of nitrogens with one attached hydrogen (secondary N) is 2. The summed E-state index contributed by atoms with van der Waals surface area (Å²) in [5.41, 5.74) is 1.49. The van der Waals surface area contributed by atoms with Gasteiger partial charge in [0.1, 0.15) is 11.5 Å². The maximum Gasteiger partial charge on any atom is 0.259 e. The quantitative estimate of drug-likeness (QED) is 0.559. The van der Waals surface area contributed by atoms with Gasteiger partial charge in [-0.15, -0.1) is 0 Å². The predicted molar refractivity (Wildman–Crippen MR) is 110 cm³/mol. The van der Waals surface area contributed by atoms with E-state index in [9.17, 15) is 9.59 Å². The summed E-state index contributed by atoms with van der Waals surface area (Å²) in [6, 6.07) is 15.5. The lowest BCUT2D eigenvalue weighted by molar-refractivity contribution is 0.0947. The van der Waals surface area contributed by atoms with E-state index in [-0.39, 0.29) is 11.8 Å². The topological polar surface area (TPSA) is 80.6 Å². The van der Waals surface area contributed by atoms with Crippen molar-refractivity contribution in [1.29, 1.82) is 0 Å². The minimum absolute atomic E-state index is 0.222. The van der Waals surface area contributed by atoms with Crippen LogP contribution in [0.1, 0.15) is 33.4 Å². The van der Waals surface area contributed by atoms with E-state index in [4.69, 9.17) is 9.15 Å². The summed E-state index contributed by atoms with van der Waals surface area (Å²) in [6.45, 7) is 2.64. The molecular formula is C21H19BrN2O4. The Hall–Kier alpha value is -3.06. The minimum Gasteiger partial charge on any atom is -0.493 e. The molecule has 0 atom stereocenters. The van der Waals surface area contributed by atoms with Gasteiger partial charge in [-0.1, -0.05) is 15.9 Å². The van der Waals surface area contributed by atoms with Gasteiger partial charge in [0.05, 0.1) is 25.0 Å². The first-order valence-corrected chi connectivity index (χ1v) is 9.50. The lowest BCUT2D eigenvalue weighted by atomic mass is 10.1. The van der Waals surface area contributed by atoms with E-state index < -0.39 is 0 Å². The number of rotatable bonds is 7. The monoisotopic (exact) mass is 442 g/mol. The SMILES string of the molecule is CCOc1ccc(Br)cc1C(=O)Nc1ccc(C(=O)NCc2ccco2)cc1. The van der Waals surface area contributed by atoms with Crippen LogP contribution >= 0.6 is 15.9 Å². The number of ether oxygens (including phenoxy) is 1. The van der Waals surface area contributed by atoms with Crippen molar-refractivity contribution in [2.45, 2.75) is 13.5 Å². The average molecular weight is 443 g/mol. The van der Waals surface area contributed by atoms with E-state index in [1.54, 1.807) is 54.8 Å². The van der Waals surface area contributed by atoms with Crippen LogP contribution in [0.4, 0.5) is 5.69 Å². The van der Waals surface area contributed by atoms with Crippen LogP contribution in [0.5, 0.6) is 5.75 Å². The highest BCUT2D eigenvalue weighted by Crippen LogP contribution is 2.24. The van der Waals surface area contributed by atoms with Crippen molar-refractivity contribution in [1.82, 2.24) is 5.32 Å². The number of anilines is 1. The van der Waals surface area contributed by atoms with Gasteiger partial charge in [-0.05, 0) is 61.5 Å². The molecule has 0 saturated carbocycles. The van der Waals surface area contributed by atoms with Gasteiger partial charge in [-0.2, -0.15) is 0 Å². The molecule has 3 rings (SSSR count). The fraction of sp³-hybridized carbons (Fsp3) is 0.143. The molecule has 3 aromatic rings. The van der Waals surface area contributed by atoms with Crippen molar-refractivity contribution in [3.8, 4) is 5.75 Å². The molecule has 0 aliphatic carbocycles. The third-order valence-corrected chi connectivity index (χ3v) is 4.39. The number of furan rings is 1. The van der Waals surface area contributed by atoms with Gasteiger partial charge in [0.15, 0.2) is 0 Å². The van der Waals surface area contributed by atoms with E-state index in [0.29, 0.717) is 41.5 Å². The third kappa shape index (κ3) is 5.01. The van der Waals surface area contributed by atoms with Crippen molar-refractivity contribution >= 4 is 33.4 Å². The number of carbonyl (C=O) groups is 2. The second kappa shape index (κ2) is 9.23. The molecule has 6 nitrogen and oxygen atoms in total. The van der Waals surface area contributed by atoms with Gasteiger partial charge in [0, 0.05) is 15.7 Å². The molecule has 2 aromatic carbocycles. The molecule has 1 heterocycles. The summed E-state index contributed by atoms with van der Waals surface area (Å²) in [5, 5.41) is 5.59. The van der Waals surface area contributed by atoms with Crippen LogP contribution in [-0.4, -0.2) is 18.4 Å². The summed E-state index contributed by atoms with van der Waals surface area (Å²) < 4.78 is 11.5. The predicted octanol–water partition coefficient (Wildman–Crippen LogP) is 4.62. The molecule has 0 unspecified atom stereocenters. The second-order valence-corrected chi connectivity index (χ2v) is 6.78. The zero-order chi connectivity index (χ0) is 19.9. The molecule has 144 valence electrons. The maximum absolute atomic E-state index is 12.6. The normalized spacial score (nSPS) is 10.4. The first-order chi connectivity index (χ1) is 13.6. The number of halogens is 1. The summed E-state index contributed by atoms with van der Waals surface area (Å²) in [7, 11) is 0. The van der Waals surface area contributed by atoms with Crippen molar-refractivity contribution in [3.05, 3.63) is 82.2 Å². The van der Waals surface area contributed by atoms with Gasteiger partial charge in [-0.3, -0.25) is 9.59 Å². The van der Waals surface area contributed by atoms with E-state index in [0.717, 1.165) is 4.47 Å². The summed E-state index contributed by atoms with van der Waals surface area (Å²) in [5.74, 6) is 0.674.